The summed E-state index contributed by atoms with van der Waals surface area (Å²) >= 11 is 0. The number of ether oxygens (including phenoxy) is 1. The molecule has 142 valence electrons. The Kier molecular flexibility index (Phi) is 9.93. The SMILES string of the molecule is CN=C(NCCc1ccncc1C)N(C)CCOc1ccc(F)cc1.I. The maximum absolute atomic E-state index is 12.9. The van der Waals surface area contributed by atoms with E-state index < -0.39 is 0 Å². The van der Waals surface area contributed by atoms with Gasteiger partial charge in [0.1, 0.15) is 18.2 Å². The van der Waals surface area contributed by atoms with Gasteiger partial charge < -0.3 is 15.0 Å². The van der Waals surface area contributed by atoms with Crippen molar-refractivity contribution < 1.29 is 9.13 Å². The minimum absolute atomic E-state index is 0. The van der Waals surface area contributed by atoms with Gasteiger partial charge in [-0.2, -0.15) is 0 Å². The van der Waals surface area contributed by atoms with E-state index in [4.69, 9.17) is 4.74 Å². The van der Waals surface area contributed by atoms with E-state index in [1.54, 1.807) is 19.2 Å². The Balaban J connectivity index is 0.00000338. The van der Waals surface area contributed by atoms with Crippen LogP contribution in [0.1, 0.15) is 11.1 Å². The molecule has 0 spiro atoms. The van der Waals surface area contributed by atoms with Gasteiger partial charge in [-0.1, -0.05) is 0 Å². The number of rotatable bonds is 7. The highest BCUT2D eigenvalue weighted by Crippen LogP contribution is 2.10. The molecule has 0 fully saturated rings. The fourth-order valence-electron chi connectivity index (χ4n) is 2.41. The van der Waals surface area contributed by atoms with Crippen molar-refractivity contribution >= 4 is 29.9 Å². The minimum atomic E-state index is -0.265. The number of hydrogen-bond donors (Lipinski definition) is 1. The van der Waals surface area contributed by atoms with Crippen molar-refractivity contribution in [1.82, 2.24) is 15.2 Å². The molecule has 0 aliphatic rings. The van der Waals surface area contributed by atoms with Crippen LogP contribution in [0.3, 0.4) is 0 Å². The van der Waals surface area contributed by atoms with Crippen molar-refractivity contribution in [2.24, 2.45) is 4.99 Å². The fraction of sp³-hybridized carbons (Fsp3) is 0.368. The zero-order valence-electron chi connectivity index (χ0n) is 15.4. The third-order valence-electron chi connectivity index (χ3n) is 3.90. The van der Waals surface area contributed by atoms with Gasteiger partial charge in [0.05, 0.1) is 6.54 Å². The van der Waals surface area contributed by atoms with Crippen LogP contribution in [0.4, 0.5) is 4.39 Å². The first-order chi connectivity index (χ1) is 12.1. The average Bonchev–Trinajstić information content (AvgIpc) is 2.62. The Morgan fingerprint density at radius 1 is 1.27 bits per heavy atom. The molecule has 0 bridgehead atoms. The summed E-state index contributed by atoms with van der Waals surface area (Å²) in [5, 5.41) is 3.35. The van der Waals surface area contributed by atoms with E-state index in [1.165, 1.54) is 23.3 Å². The second-order valence-electron chi connectivity index (χ2n) is 5.75. The van der Waals surface area contributed by atoms with Gasteiger partial charge in [-0.3, -0.25) is 9.98 Å². The Hall–Kier alpha value is -1.90. The second kappa shape index (κ2) is 11.7. The molecule has 26 heavy (non-hydrogen) atoms. The Morgan fingerprint density at radius 2 is 2.00 bits per heavy atom. The van der Waals surface area contributed by atoms with E-state index in [0.29, 0.717) is 18.9 Å². The van der Waals surface area contributed by atoms with Crippen LogP contribution in [0.2, 0.25) is 0 Å². The number of pyridine rings is 1. The smallest absolute Gasteiger partial charge is 0.193 e. The summed E-state index contributed by atoms with van der Waals surface area (Å²) in [5.74, 6) is 1.21. The molecule has 1 heterocycles. The third kappa shape index (κ3) is 7.15. The molecule has 1 aromatic carbocycles. The molecule has 1 aromatic heterocycles. The lowest BCUT2D eigenvalue weighted by Crippen LogP contribution is -2.41. The number of hydrogen-bond acceptors (Lipinski definition) is 3. The van der Waals surface area contributed by atoms with Crippen LogP contribution in [0.15, 0.2) is 47.7 Å². The van der Waals surface area contributed by atoms with Crippen LogP contribution in [-0.4, -0.2) is 49.6 Å². The van der Waals surface area contributed by atoms with Crippen molar-refractivity contribution in [1.29, 1.82) is 0 Å². The van der Waals surface area contributed by atoms with Crippen LogP contribution in [0, 0.1) is 12.7 Å². The first-order valence-electron chi connectivity index (χ1n) is 8.30. The zero-order chi connectivity index (χ0) is 18.1. The van der Waals surface area contributed by atoms with Crippen molar-refractivity contribution in [3.8, 4) is 5.75 Å². The molecule has 0 aliphatic heterocycles. The van der Waals surface area contributed by atoms with Gasteiger partial charge in [-0.15, -0.1) is 24.0 Å². The van der Waals surface area contributed by atoms with Gasteiger partial charge in [0.25, 0.3) is 0 Å². The maximum Gasteiger partial charge on any atom is 0.193 e. The molecular weight excluding hydrogens is 446 g/mol. The summed E-state index contributed by atoms with van der Waals surface area (Å²) < 4.78 is 18.5. The van der Waals surface area contributed by atoms with E-state index in [2.05, 4.69) is 22.2 Å². The standard InChI is InChI=1S/C19H25FN4O.HI/c1-15-14-22-10-8-16(15)9-11-23-19(21-2)24(3)12-13-25-18-6-4-17(20)5-7-18;/h4-8,10,14H,9,11-13H2,1-3H3,(H,21,23);1H. The molecule has 0 saturated heterocycles. The number of aromatic nitrogens is 1. The van der Waals surface area contributed by atoms with E-state index in [-0.39, 0.29) is 29.8 Å². The third-order valence-corrected chi connectivity index (χ3v) is 3.90. The molecule has 7 heteroatoms. The predicted octanol–water partition coefficient (Wildman–Crippen LogP) is 3.28. The summed E-state index contributed by atoms with van der Waals surface area (Å²) in [4.78, 5) is 10.4. The van der Waals surface area contributed by atoms with Crippen molar-refractivity contribution in [3.05, 3.63) is 59.7 Å². The maximum atomic E-state index is 12.9. The molecule has 0 amide bonds. The lowest BCUT2D eigenvalue weighted by atomic mass is 10.1. The molecule has 0 radical (unpaired) electrons. The monoisotopic (exact) mass is 472 g/mol. The van der Waals surface area contributed by atoms with Crippen LogP contribution >= 0.6 is 24.0 Å². The average molecular weight is 472 g/mol. The van der Waals surface area contributed by atoms with Crippen molar-refractivity contribution in [2.45, 2.75) is 13.3 Å². The Labute approximate surface area is 171 Å². The topological polar surface area (TPSA) is 49.8 Å². The molecule has 0 aliphatic carbocycles. The van der Waals surface area contributed by atoms with Crippen molar-refractivity contribution in [2.75, 3.05) is 33.8 Å². The van der Waals surface area contributed by atoms with Gasteiger partial charge >= 0.3 is 0 Å². The summed E-state index contributed by atoms with van der Waals surface area (Å²) in [6.45, 7) is 4.02. The van der Waals surface area contributed by atoms with Gasteiger partial charge in [-0.25, -0.2) is 4.39 Å². The summed E-state index contributed by atoms with van der Waals surface area (Å²) in [7, 11) is 3.72. The second-order valence-corrected chi connectivity index (χ2v) is 5.75. The summed E-state index contributed by atoms with van der Waals surface area (Å²) in [5.41, 5.74) is 2.47. The van der Waals surface area contributed by atoms with Crippen molar-refractivity contribution in [3.63, 3.8) is 0 Å². The van der Waals surface area contributed by atoms with E-state index in [1.807, 2.05) is 30.4 Å². The molecule has 0 unspecified atom stereocenters. The highest BCUT2D eigenvalue weighted by Gasteiger charge is 2.06. The molecule has 1 N–H and O–H groups in total. The lowest BCUT2D eigenvalue weighted by molar-refractivity contribution is 0.281. The van der Waals surface area contributed by atoms with Gasteiger partial charge in [-0.05, 0) is 54.8 Å². The number of likely N-dealkylation sites (N-methyl/N-ethyl adjacent to an activating group) is 1. The minimum Gasteiger partial charge on any atom is -0.492 e. The van der Waals surface area contributed by atoms with E-state index in [0.717, 1.165) is 18.9 Å². The van der Waals surface area contributed by atoms with Crippen LogP contribution < -0.4 is 10.1 Å². The number of nitrogens with one attached hydrogen (secondary N) is 1. The zero-order valence-corrected chi connectivity index (χ0v) is 17.7. The Bertz CT molecular complexity index is 694. The number of nitrogens with zero attached hydrogens (tertiary/aromatic N) is 3. The quantitative estimate of drug-likeness (QED) is 0.382. The molecule has 2 rings (SSSR count). The van der Waals surface area contributed by atoms with Gasteiger partial charge in [0, 0.05) is 33.0 Å². The molecule has 5 nitrogen and oxygen atoms in total. The first-order valence-corrected chi connectivity index (χ1v) is 8.30. The van der Waals surface area contributed by atoms with Crippen LogP contribution in [-0.2, 0) is 6.42 Å². The number of aliphatic imine (C=N–C) groups is 1. The summed E-state index contributed by atoms with van der Waals surface area (Å²) in [6.07, 6.45) is 4.60. The fourth-order valence-corrected chi connectivity index (χ4v) is 2.41. The Morgan fingerprint density at radius 3 is 2.65 bits per heavy atom. The number of halogens is 2. The van der Waals surface area contributed by atoms with Gasteiger partial charge in [0.15, 0.2) is 5.96 Å². The molecule has 2 aromatic rings. The summed E-state index contributed by atoms with van der Waals surface area (Å²) in [6, 6.07) is 8.07. The van der Waals surface area contributed by atoms with Gasteiger partial charge in [0.2, 0.25) is 0 Å². The van der Waals surface area contributed by atoms with E-state index >= 15 is 0 Å². The predicted molar refractivity (Wildman–Crippen MR) is 114 cm³/mol. The molecule has 0 saturated carbocycles. The normalized spacial score (nSPS) is 10.8. The van der Waals surface area contributed by atoms with Crippen LogP contribution in [0.25, 0.3) is 0 Å². The first kappa shape index (κ1) is 22.1. The molecule has 0 atom stereocenters. The van der Waals surface area contributed by atoms with E-state index in [9.17, 15) is 4.39 Å². The lowest BCUT2D eigenvalue weighted by Gasteiger charge is -2.22. The highest BCUT2D eigenvalue weighted by atomic mass is 127. The number of aryl methyl sites for hydroxylation is 1. The van der Waals surface area contributed by atoms with Crippen LogP contribution in [0.5, 0.6) is 5.75 Å². The molecular formula is C19H26FIN4O. The number of guanidine groups is 1. The number of benzene rings is 1. The highest BCUT2D eigenvalue weighted by molar-refractivity contribution is 14.0. The largest absolute Gasteiger partial charge is 0.492 e.